The lowest BCUT2D eigenvalue weighted by Gasteiger charge is -2.29. The molecule has 11 heteroatoms. The number of fused-ring (bicyclic) bond motifs is 1. The summed E-state index contributed by atoms with van der Waals surface area (Å²) in [5, 5.41) is 0.631. The molecule has 6 nitrogen and oxygen atoms in total. The number of sulfonamides is 1. The Kier molecular flexibility index (Phi) is 6.39. The van der Waals surface area contributed by atoms with Crippen molar-refractivity contribution in [2.75, 3.05) is 13.1 Å². The number of carbonyl (C=O) groups excluding carboxylic acids is 1. The monoisotopic (exact) mass is 503 g/mol. The van der Waals surface area contributed by atoms with Gasteiger partial charge in [-0.2, -0.15) is 9.30 Å². The standard InChI is InChI=1S/C19H19Cl2N3O3S3/c1-2-24-14-6-5-13(20)10-15(14)28-19(24)22-18(25)12-4-3-9-23(11-12)30(26,27)17-8-7-16(21)29-17/h5-8,10,12H,2-4,9,11H2,1H3. The number of carbonyl (C=O) groups is 1. The van der Waals surface area contributed by atoms with Crippen LogP contribution in [0.15, 0.2) is 39.5 Å². The van der Waals surface area contributed by atoms with E-state index in [2.05, 4.69) is 4.99 Å². The molecule has 1 aliphatic rings. The number of nitrogens with zero attached hydrogens (tertiary/aromatic N) is 3. The molecule has 1 aromatic carbocycles. The molecule has 1 saturated heterocycles. The lowest BCUT2D eigenvalue weighted by Crippen LogP contribution is -2.42. The predicted octanol–water partition coefficient (Wildman–Crippen LogP) is 4.62. The van der Waals surface area contributed by atoms with Gasteiger partial charge in [-0.05, 0) is 50.1 Å². The summed E-state index contributed by atoms with van der Waals surface area (Å²) in [5.74, 6) is -0.762. The van der Waals surface area contributed by atoms with Gasteiger partial charge in [0.1, 0.15) is 4.21 Å². The molecule has 1 aliphatic heterocycles. The second kappa shape index (κ2) is 8.72. The van der Waals surface area contributed by atoms with Crippen molar-refractivity contribution in [3.63, 3.8) is 0 Å². The third-order valence-corrected chi connectivity index (χ3v) is 9.88. The van der Waals surface area contributed by atoms with Crippen molar-refractivity contribution in [2.45, 2.75) is 30.5 Å². The topological polar surface area (TPSA) is 71.7 Å². The highest BCUT2D eigenvalue weighted by Crippen LogP contribution is 2.31. The smallest absolute Gasteiger partial charge is 0.252 e. The Morgan fingerprint density at radius 2 is 2.03 bits per heavy atom. The van der Waals surface area contributed by atoms with Gasteiger partial charge in [-0.15, -0.1) is 11.3 Å². The van der Waals surface area contributed by atoms with Gasteiger partial charge in [0.25, 0.3) is 15.9 Å². The highest BCUT2D eigenvalue weighted by atomic mass is 35.5. The zero-order valence-corrected chi connectivity index (χ0v) is 20.0. The lowest BCUT2D eigenvalue weighted by molar-refractivity contribution is -0.122. The Morgan fingerprint density at radius 1 is 1.23 bits per heavy atom. The Labute approximate surface area is 192 Å². The summed E-state index contributed by atoms with van der Waals surface area (Å²) >= 11 is 14.4. The number of piperidine rings is 1. The highest BCUT2D eigenvalue weighted by Gasteiger charge is 2.34. The van der Waals surface area contributed by atoms with Crippen LogP contribution in [-0.4, -0.2) is 36.3 Å². The van der Waals surface area contributed by atoms with E-state index < -0.39 is 15.9 Å². The molecule has 1 unspecified atom stereocenters. The van der Waals surface area contributed by atoms with E-state index >= 15 is 0 Å². The zero-order chi connectivity index (χ0) is 21.5. The molecule has 160 valence electrons. The van der Waals surface area contributed by atoms with Crippen LogP contribution in [0.3, 0.4) is 0 Å². The maximum Gasteiger partial charge on any atom is 0.252 e. The van der Waals surface area contributed by atoms with Crippen molar-refractivity contribution in [3.05, 3.63) is 44.5 Å². The third-order valence-electron chi connectivity index (χ3n) is 5.04. The second-order valence-corrected chi connectivity index (χ2v) is 12.3. The van der Waals surface area contributed by atoms with Crippen LogP contribution in [0.4, 0.5) is 0 Å². The van der Waals surface area contributed by atoms with Crippen molar-refractivity contribution in [1.82, 2.24) is 8.87 Å². The van der Waals surface area contributed by atoms with Gasteiger partial charge in [-0.3, -0.25) is 4.79 Å². The Morgan fingerprint density at radius 3 is 2.73 bits per heavy atom. The molecule has 2 aromatic heterocycles. The van der Waals surface area contributed by atoms with Gasteiger partial charge in [-0.25, -0.2) is 8.42 Å². The summed E-state index contributed by atoms with van der Waals surface area (Å²) in [6.45, 7) is 3.17. The molecule has 0 radical (unpaired) electrons. The fourth-order valence-electron chi connectivity index (χ4n) is 3.55. The molecule has 1 amide bonds. The third kappa shape index (κ3) is 4.24. The Hall–Kier alpha value is -1.23. The van der Waals surface area contributed by atoms with Crippen LogP contribution in [0, 0.1) is 5.92 Å². The summed E-state index contributed by atoms with van der Waals surface area (Å²) in [6, 6.07) is 8.67. The number of thiophene rings is 1. The first-order valence-corrected chi connectivity index (χ1v) is 13.3. The van der Waals surface area contributed by atoms with Crippen LogP contribution in [-0.2, 0) is 21.4 Å². The van der Waals surface area contributed by atoms with Crippen LogP contribution in [0.1, 0.15) is 19.8 Å². The molecule has 1 fully saturated rings. The molecule has 0 aliphatic carbocycles. The number of aryl methyl sites for hydroxylation is 1. The molecule has 3 heterocycles. The van der Waals surface area contributed by atoms with Gasteiger partial charge in [-0.1, -0.05) is 34.5 Å². The summed E-state index contributed by atoms with van der Waals surface area (Å²) in [5.41, 5.74) is 0.973. The predicted molar refractivity (Wildman–Crippen MR) is 122 cm³/mol. The molecule has 0 saturated carbocycles. The number of halogens is 2. The first-order chi connectivity index (χ1) is 14.3. The molecule has 4 rings (SSSR count). The largest absolute Gasteiger partial charge is 0.317 e. The lowest BCUT2D eigenvalue weighted by atomic mass is 9.99. The first-order valence-electron chi connectivity index (χ1n) is 9.42. The molecular weight excluding hydrogens is 485 g/mol. The number of benzene rings is 1. The van der Waals surface area contributed by atoms with E-state index in [-0.39, 0.29) is 16.7 Å². The van der Waals surface area contributed by atoms with Crippen molar-refractivity contribution >= 4 is 72.0 Å². The molecule has 0 spiro atoms. The zero-order valence-electron chi connectivity index (χ0n) is 16.0. The minimum Gasteiger partial charge on any atom is -0.317 e. The van der Waals surface area contributed by atoms with E-state index in [9.17, 15) is 13.2 Å². The van der Waals surface area contributed by atoms with Crippen LogP contribution >= 0.6 is 45.9 Å². The van der Waals surface area contributed by atoms with Gasteiger partial charge >= 0.3 is 0 Å². The van der Waals surface area contributed by atoms with E-state index in [1.165, 1.54) is 21.7 Å². The number of rotatable bonds is 4. The SMILES string of the molecule is CCn1c(=NC(=O)C2CCCN(S(=O)(=O)c3ccc(Cl)s3)C2)sc2cc(Cl)ccc21. The summed E-state index contributed by atoms with van der Waals surface area (Å²) < 4.78 is 30.7. The van der Waals surface area contributed by atoms with Crippen molar-refractivity contribution in [2.24, 2.45) is 10.9 Å². The Balaban J connectivity index is 1.62. The highest BCUT2D eigenvalue weighted by molar-refractivity contribution is 7.91. The number of hydrogen-bond acceptors (Lipinski definition) is 5. The number of hydrogen-bond donors (Lipinski definition) is 0. The quantitative estimate of drug-likeness (QED) is 0.521. The van der Waals surface area contributed by atoms with Crippen molar-refractivity contribution < 1.29 is 13.2 Å². The van der Waals surface area contributed by atoms with Crippen molar-refractivity contribution in [3.8, 4) is 0 Å². The minimum atomic E-state index is -3.66. The van der Waals surface area contributed by atoms with E-state index in [4.69, 9.17) is 23.2 Å². The van der Waals surface area contributed by atoms with E-state index in [0.29, 0.717) is 40.1 Å². The summed E-state index contributed by atoms with van der Waals surface area (Å²) in [6.07, 6.45) is 1.22. The molecule has 1 atom stereocenters. The number of amides is 1. The molecule has 3 aromatic rings. The van der Waals surface area contributed by atoms with Crippen LogP contribution in [0.25, 0.3) is 10.2 Å². The van der Waals surface area contributed by atoms with Gasteiger partial charge in [0.05, 0.1) is 20.5 Å². The fourth-order valence-corrected chi connectivity index (χ4v) is 8.09. The van der Waals surface area contributed by atoms with E-state index in [1.54, 1.807) is 6.07 Å². The van der Waals surface area contributed by atoms with E-state index in [1.807, 2.05) is 29.7 Å². The van der Waals surface area contributed by atoms with Crippen LogP contribution < -0.4 is 4.80 Å². The molecule has 0 bridgehead atoms. The van der Waals surface area contributed by atoms with Crippen LogP contribution in [0.2, 0.25) is 9.36 Å². The summed E-state index contributed by atoms with van der Waals surface area (Å²) in [7, 11) is -3.66. The molecule has 30 heavy (non-hydrogen) atoms. The second-order valence-electron chi connectivity index (χ2n) is 6.95. The number of thiazole rings is 1. The first kappa shape index (κ1) is 22.0. The van der Waals surface area contributed by atoms with Gasteiger partial charge < -0.3 is 4.57 Å². The minimum absolute atomic E-state index is 0.128. The average molecular weight is 504 g/mol. The molecular formula is C19H19Cl2N3O3S3. The average Bonchev–Trinajstić information content (AvgIpc) is 3.31. The number of aromatic nitrogens is 1. The maximum atomic E-state index is 13.0. The summed E-state index contributed by atoms with van der Waals surface area (Å²) in [4.78, 5) is 17.9. The normalized spacial score (nSPS) is 18.9. The van der Waals surface area contributed by atoms with E-state index in [0.717, 1.165) is 21.6 Å². The Bertz CT molecular complexity index is 1280. The van der Waals surface area contributed by atoms with Gasteiger partial charge in [0.2, 0.25) is 0 Å². The molecule has 0 N–H and O–H groups in total. The maximum absolute atomic E-state index is 13.0. The van der Waals surface area contributed by atoms with Crippen molar-refractivity contribution in [1.29, 1.82) is 0 Å². The van der Waals surface area contributed by atoms with Gasteiger partial charge in [0.15, 0.2) is 4.80 Å². The van der Waals surface area contributed by atoms with Crippen LogP contribution in [0.5, 0.6) is 0 Å². The fraction of sp³-hybridized carbons (Fsp3) is 0.368. The van der Waals surface area contributed by atoms with Gasteiger partial charge in [0, 0.05) is 24.7 Å².